The molecule has 34 heavy (non-hydrogen) atoms. The van der Waals surface area contributed by atoms with Gasteiger partial charge in [-0.3, -0.25) is 4.98 Å². The number of fused-ring (bicyclic) bond motifs is 4. The molecule has 2 unspecified atom stereocenters. The van der Waals surface area contributed by atoms with Gasteiger partial charge in [0.2, 0.25) is 0 Å². The average Bonchev–Trinajstić information content (AvgIpc) is 2.71. The van der Waals surface area contributed by atoms with Crippen molar-refractivity contribution in [2.75, 3.05) is 0 Å². The van der Waals surface area contributed by atoms with Gasteiger partial charge in [-0.1, -0.05) is 77.8 Å². The number of para-hydroxylation sites is 1. The molecule has 0 spiro atoms. The van der Waals surface area contributed by atoms with Crippen LogP contribution in [0.25, 0.3) is 22.2 Å². The third-order valence-electron chi connectivity index (χ3n) is 6.25. The summed E-state index contributed by atoms with van der Waals surface area (Å²) in [4.78, 5) is 4.91. The van der Waals surface area contributed by atoms with E-state index in [1.54, 1.807) is 0 Å². The maximum Gasteiger partial charge on any atom is 0.0595 e. The quantitative estimate of drug-likeness (QED) is 0.299. The zero-order valence-corrected chi connectivity index (χ0v) is 23.9. The molecule has 0 bridgehead atoms. The standard InChI is InChI=1S/C19H16N.C11H24O2.Ir/c1-12-9-13(2)16-8-7-15-11-14-5-3-4-6-18(14)20-19(15)17(16)10-12;1-8(2)5-10(12)7-11(13)6-9(3)4;/h3-6,9,11H,7-8H2,1-2H3;8-13H,5-7H2,1-4H3;/q-1;;. The van der Waals surface area contributed by atoms with Crippen molar-refractivity contribution in [1.82, 2.24) is 4.98 Å². The number of pyridine rings is 1. The van der Waals surface area contributed by atoms with Gasteiger partial charge in [0.1, 0.15) is 0 Å². The summed E-state index contributed by atoms with van der Waals surface area (Å²) >= 11 is 0. The van der Waals surface area contributed by atoms with Gasteiger partial charge in [-0.15, -0.1) is 34.4 Å². The predicted octanol–water partition coefficient (Wildman–Crippen LogP) is 6.61. The Bertz CT molecular complexity index is 1060. The van der Waals surface area contributed by atoms with Gasteiger partial charge in [-0.2, -0.15) is 0 Å². The van der Waals surface area contributed by atoms with Crippen molar-refractivity contribution in [2.45, 2.75) is 85.9 Å². The number of aliphatic hydroxyl groups is 2. The molecule has 0 fully saturated rings. The Hall–Kier alpha value is -1.58. The first-order valence-electron chi connectivity index (χ1n) is 12.4. The Labute approximate surface area is 219 Å². The Morgan fingerprint density at radius 3 is 2.12 bits per heavy atom. The SMILES string of the molecule is CC(C)CC(O)CC(O)CC(C)C.Cc1[c-]c2c(c(C)c1)CCc1cc3ccccc3nc1-2.[Ir]. The molecular formula is C30H40IrNO2-. The molecule has 2 aromatic carbocycles. The first-order valence-corrected chi connectivity index (χ1v) is 12.4. The molecule has 4 heteroatoms. The van der Waals surface area contributed by atoms with Crippen molar-refractivity contribution < 1.29 is 30.3 Å². The largest absolute Gasteiger partial charge is 0.393 e. The summed E-state index contributed by atoms with van der Waals surface area (Å²) in [7, 11) is 0. The summed E-state index contributed by atoms with van der Waals surface area (Å²) in [5, 5.41) is 20.3. The topological polar surface area (TPSA) is 53.4 Å². The molecule has 0 aliphatic heterocycles. The first kappa shape index (κ1) is 28.7. The molecule has 0 saturated heterocycles. The molecule has 1 radical (unpaired) electrons. The minimum Gasteiger partial charge on any atom is -0.393 e. The molecule has 1 aliphatic carbocycles. The first-order chi connectivity index (χ1) is 15.6. The van der Waals surface area contributed by atoms with Crippen LogP contribution in [0, 0.1) is 31.7 Å². The number of benzene rings is 2. The molecule has 0 saturated carbocycles. The van der Waals surface area contributed by atoms with Crippen LogP contribution in [0.15, 0.2) is 36.4 Å². The normalized spacial score (nSPS) is 14.1. The predicted molar refractivity (Wildman–Crippen MR) is 138 cm³/mol. The van der Waals surface area contributed by atoms with Gasteiger partial charge in [0, 0.05) is 20.1 Å². The van der Waals surface area contributed by atoms with Gasteiger partial charge in [-0.05, 0) is 54.7 Å². The van der Waals surface area contributed by atoms with Gasteiger partial charge < -0.3 is 10.2 Å². The second-order valence-electron chi connectivity index (χ2n) is 10.5. The van der Waals surface area contributed by atoms with Crippen LogP contribution in [0.3, 0.4) is 0 Å². The monoisotopic (exact) mass is 639 g/mol. The van der Waals surface area contributed by atoms with E-state index in [-0.39, 0.29) is 32.3 Å². The third-order valence-corrected chi connectivity index (χ3v) is 6.25. The number of nitrogens with zero attached hydrogens (tertiary/aromatic N) is 1. The van der Waals surface area contributed by atoms with E-state index in [0.717, 1.165) is 36.9 Å². The van der Waals surface area contributed by atoms with Crippen molar-refractivity contribution in [2.24, 2.45) is 11.8 Å². The van der Waals surface area contributed by atoms with Gasteiger partial charge in [-0.25, -0.2) is 0 Å². The maximum absolute atomic E-state index is 9.54. The zero-order valence-electron chi connectivity index (χ0n) is 21.5. The van der Waals surface area contributed by atoms with Crippen LogP contribution < -0.4 is 0 Å². The Morgan fingerprint density at radius 1 is 0.882 bits per heavy atom. The minimum atomic E-state index is -0.339. The summed E-state index contributed by atoms with van der Waals surface area (Å²) < 4.78 is 0. The van der Waals surface area contributed by atoms with Crippen LogP contribution in [-0.4, -0.2) is 27.4 Å². The minimum absolute atomic E-state index is 0. The second-order valence-corrected chi connectivity index (χ2v) is 10.5. The maximum atomic E-state index is 9.54. The van der Waals surface area contributed by atoms with Crippen molar-refractivity contribution >= 4 is 10.9 Å². The summed E-state index contributed by atoms with van der Waals surface area (Å²) in [6.45, 7) is 12.6. The van der Waals surface area contributed by atoms with Crippen molar-refractivity contribution in [3.63, 3.8) is 0 Å². The Balaban J connectivity index is 0.000000258. The number of hydrogen-bond acceptors (Lipinski definition) is 3. The Morgan fingerprint density at radius 2 is 1.50 bits per heavy atom. The van der Waals surface area contributed by atoms with Crippen LogP contribution in [0.4, 0.5) is 0 Å². The van der Waals surface area contributed by atoms with E-state index >= 15 is 0 Å². The fraction of sp³-hybridized carbons (Fsp3) is 0.500. The third kappa shape index (κ3) is 7.71. The molecular weight excluding hydrogens is 599 g/mol. The van der Waals surface area contributed by atoms with Crippen molar-refractivity contribution in [3.05, 3.63) is 64.7 Å². The van der Waals surface area contributed by atoms with Gasteiger partial charge >= 0.3 is 0 Å². The molecule has 1 aromatic heterocycles. The molecule has 2 N–H and O–H groups in total. The molecule has 1 aliphatic rings. The fourth-order valence-electron chi connectivity index (χ4n) is 4.86. The second kappa shape index (κ2) is 12.9. The molecule has 4 rings (SSSR count). The molecule has 2 atom stereocenters. The van der Waals surface area contributed by atoms with Crippen molar-refractivity contribution in [1.29, 1.82) is 0 Å². The number of aromatic nitrogens is 1. The van der Waals surface area contributed by atoms with Gasteiger partial charge in [0.25, 0.3) is 0 Å². The van der Waals surface area contributed by atoms with E-state index < -0.39 is 0 Å². The smallest absolute Gasteiger partial charge is 0.0595 e. The van der Waals surface area contributed by atoms with Crippen molar-refractivity contribution in [3.8, 4) is 11.3 Å². The summed E-state index contributed by atoms with van der Waals surface area (Å²) in [5.41, 5.74) is 8.78. The fourth-order valence-corrected chi connectivity index (χ4v) is 4.86. The van der Waals surface area contributed by atoms with E-state index in [0.29, 0.717) is 18.3 Å². The average molecular weight is 639 g/mol. The van der Waals surface area contributed by atoms with E-state index in [1.807, 2.05) is 0 Å². The number of rotatable bonds is 6. The number of aryl methyl sites for hydroxylation is 3. The number of hydrogen-bond donors (Lipinski definition) is 2. The molecule has 187 valence electrons. The van der Waals surface area contributed by atoms with E-state index in [1.165, 1.54) is 33.2 Å². The van der Waals surface area contributed by atoms with Crippen LogP contribution in [0.2, 0.25) is 0 Å². The van der Waals surface area contributed by atoms with Crippen LogP contribution in [0.1, 0.15) is 69.2 Å². The molecule has 1 heterocycles. The van der Waals surface area contributed by atoms with Crippen LogP contribution >= 0.6 is 0 Å². The summed E-state index contributed by atoms with van der Waals surface area (Å²) in [6.07, 6.45) is 3.60. The van der Waals surface area contributed by atoms with Gasteiger partial charge in [0.15, 0.2) is 0 Å². The Kier molecular flexibility index (Phi) is 10.9. The summed E-state index contributed by atoms with van der Waals surface area (Å²) in [6, 6.07) is 16.4. The zero-order chi connectivity index (χ0) is 24.1. The van der Waals surface area contributed by atoms with Crippen LogP contribution in [-0.2, 0) is 32.9 Å². The number of aliphatic hydroxyl groups excluding tert-OH is 2. The van der Waals surface area contributed by atoms with E-state index in [9.17, 15) is 10.2 Å². The van der Waals surface area contributed by atoms with E-state index in [4.69, 9.17) is 4.98 Å². The molecule has 3 nitrogen and oxygen atoms in total. The van der Waals surface area contributed by atoms with Gasteiger partial charge in [0.05, 0.1) is 17.7 Å². The summed E-state index contributed by atoms with van der Waals surface area (Å²) in [5.74, 6) is 1.00. The van der Waals surface area contributed by atoms with E-state index in [2.05, 4.69) is 84.0 Å². The molecule has 0 amide bonds. The van der Waals surface area contributed by atoms with Crippen LogP contribution in [0.5, 0.6) is 0 Å². The molecule has 3 aromatic rings.